The quantitative estimate of drug-likeness (QED) is 0.438. The van der Waals surface area contributed by atoms with E-state index in [0.29, 0.717) is 17.9 Å². The smallest absolute Gasteiger partial charge is 0.338 e. The van der Waals surface area contributed by atoms with Gasteiger partial charge in [0.25, 0.3) is 5.91 Å². The first-order valence-electron chi connectivity index (χ1n) is 9.91. The van der Waals surface area contributed by atoms with E-state index in [1.165, 1.54) is 0 Å². The van der Waals surface area contributed by atoms with Gasteiger partial charge in [0, 0.05) is 5.69 Å². The van der Waals surface area contributed by atoms with Crippen molar-refractivity contribution < 1.29 is 19.1 Å². The van der Waals surface area contributed by atoms with Crippen LogP contribution in [-0.4, -0.2) is 25.1 Å². The Morgan fingerprint density at radius 3 is 2.39 bits per heavy atom. The zero-order valence-corrected chi connectivity index (χ0v) is 16.7. The van der Waals surface area contributed by atoms with Crippen molar-refractivity contribution in [3.05, 3.63) is 59.7 Å². The Morgan fingerprint density at radius 1 is 0.929 bits per heavy atom. The molecule has 2 aromatic rings. The summed E-state index contributed by atoms with van der Waals surface area (Å²) in [5, 5.41) is 2.77. The highest BCUT2D eigenvalue weighted by Crippen LogP contribution is 2.18. The highest BCUT2D eigenvalue weighted by molar-refractivity contribution is 5.93. The zero-order chi connectivity index (χ0) is 20.2. The van der Waals surface area contributed by atoms with Gasteiger partial charge in [-0.05, 0) is 48.7 Å². The number of unbranched alkanes of at least 4 members (excludes halogenated alkanes) is 3. The van der Waals surface area contributed by atoms with Crippen molar-refractivity contribution in [1.29, 1.82) is 0 Å². The molecular weight excluding hydrogens is 354 g/mol. The van der Waals surface area contributed by atoms with Crippen LogP contribution in [0.25, 0.3) is 0 Å². The predicted octanol–water partition coefficient (Wildman–Crippen LogP) is 5.00. The second-order valence-electron chi connectivity index (χ2n) is 6.57. The lowest BCUT2D eigenvalue weighted by Gasteiger charge is -2.11. The fourth-order valence-corrected chi connectivity index (χ4v) is 2.74. The number of rotatable bonds is 11. The van der Waals surface area contributed by atoms with Crippen molar-refractivity contribution in [3.63, 3.8) is 0 Å². The van der Waals surface area contributed by atoms with Gasteiger partial charge in [0.15, 0.2) is 6.61 Å². The van der Waals surface area contributed by atoms with Crippen LogP contribution in [0, 0.1) is 0 Å². The fourth-order valence-electron chi connectivity index (χ4n) is 2.74. The molecule has 5 nitrogen and oxygen atoms in total. The Kier molecular flexibility index (Phi) is 9.05. The molecule has 1 amide bonds. The van der Waals surface area contributed by atoms with E-state index in [4.69, 9.17) is 9.47 Å². The third-order valence-corrected chi connectivity index (χ3v) is 4.35. The van der Waals surface area contributed by atoms with E-state index >= 15 is 0 Å². The molecule has 0 atom stereocenters. The Balaban J connectivity index is 1.78. The SMILES string of the molecule is CCCCCCOC(=O)c1ccc(NC(=O)COc2ccccc2CC)cc1. The van der Waals surface area contributed by atoms with Crippen LogP contribution in [0.2, 0.25) is 0 Å². The molecule has 28 heavy (non-hydrogen) atoms. The molecule has 0 unspecified atom stereocenters. The van der Waals surface area contributed by atoms with Crippen LogP contribution >= 0.6 is 0 Å². The number of anilines is 1. The Morgan fingerprint density at radius 2 is 1.68 bits per heavy atom. The van der Waals surface area contributed by atoms with E-state index in [1.54, 1.807) is 24.3 Å². The van der Waals surface area contributed by atoms with Gasteiger partial charge >= 0.3 is 5.97 Å². The average Bonchev–Trinajstić information content (AvgIpc) is 2.72. The van der Waals surface area contributed by atoms with Crippen LogP contribution in [0.1, 0.15) is 55.5 Å². The molecule has 5 heteroatoms. The van der Waals surface area contributed by atoms with E-state index in [9.17, 15) is 9.59 Å². The minimum absolute atomic E-state index is 0.0709. The van der Waals surface area contributed by atoms with Gasteiger partial charge in [-0.15, -0.1) is 0 Å². The molecule has 0 aliphatic rings. The van der Waals surface area contributed by atoms with Crippen LogP contribution in [0.4, 0.5) is 5.69 Å². The molecule has 0 bridgehead atoms. The Labute approximate surface area is 167 Å². The second kappa shape index (κ2) is 11.8. The second-order valence-corrected chi connectivity index (χ2v) is 6.57. The fraction of sp³-hybridized carbons (Fsp3) is 0.391. The highest BCUT2D eigenvalue weighted by atomic mass is 16.5. The number of esters is 1. The molecule has 0 spiro atoms. The molecule has 0 fully saturated rings. The Bertz CT molecular complexity index is 755. The molecular formula is C23H29NO4. The lowest BCUT2D eigenvalue weighted by molar-refractivity contribution is -0.118. The maximum atomic E-state index is 12.1. The number of amides is 1. The van der Waals surface area contributed by atoms with Gasteiger partial charge in [-0.1, -0.05) is 51.3 Å². The summed E-state index contributed by atoms with van der Waals surface area (Å²) in [4.78, 5) is 24.1. The molecule has 1 N–H and O–H groups in total. The number of para-hydroxylation sites is 1. The number of carbonyl (C=O) groups is 2. The molecule has 2 rings (SSSR count). The van der Waals surface area contributed by atoms with Gasteiger partial charge in [-0.2, -0.15) is 0 Å². The summed E-state index contributed by atoms with van der Waals surface area (Å²) in [6.45, 7) is 4.55. The first kappa shape index (κ1) is 21.5. The van der Waals surface area contributed by atoms with Crippen molar-refractivity contribution in [2.45, 2.75) is 46.0 Å². The van der Waals surface area contributed by atoms with Crippen LogP contribution in [0.5, 0.6) is 5.75 Å². The molecule has 0 aliphatic carbocycles. The van der Waals surface area contributed by atoms with E-state index in [2.05, 4.69) is 12.2 Å². The molecule has 0 radical (unpaired) electrons. The molecule has 2 aromatic carbocycles. The van der Waals surface area contributed by atoms with Gasteiger partial charge in [-0.25, -0.2) is 4.79 Å². The molecule has 150 valence electrons. The first-order valence-corrected chi connectivity index (χ1v) is 9.91. The molecule has 0 saturated carbocycles. The Hall–Kier alpha value is -2.82. The summed E-state index contributed by atoms with van der Waals surface area (Å²) in [5.41, 5.74) is 2.14. The standard InChI is InChI=1S/C23H29NO4/c1-3-5-6-9-16-27-23(26)19-12-14-20(15-13-19)24-22(25)17-28-21-11-8-7-10-18(21)4-2/h7-8,10-15H,3-6,9,16-17H2,1-2H3,(H,24,25). The first-order chi connectivity index (χ1) is 13.6. The molecule has 0 heterocycles. The lowest BCUT2D eigenvalue weighted by atomic mass is 10.1. The van der Waals surface area contributed by atoms with E-state index < -0.39 is 0 Å². The van der Waals surface area contributed by atoms with Gasteiger partial charge in [0.1, 0.15) is 5.75 Å². The van der Waals surface area contributed by atoms with Gasteiger partial charge in [0.2, 0.25) is 0 Å². The third-order valence-electron chi connectivity index (χ3n) is 4.35. The van der Waals surface area contributed by atoms with Crippen molar-refractivity contribution in [2.24, 2.45) is 0 Å². The minimum atomic E-state index is -0.339. The van der Waals surface area contributed by atoms with Crippen LogP contribution in [0.15, 0.2) is 48.5 Å². The third kappa shape index (κ3) is 7.06. The number of benzene rings is 2. The van der Waals surface area contributed by atoms with Crippen molar-refractivity contribution in [1.82, 2.24) is 0 Å². The van der Waals surface area contributed by atoms with Crippen molar-refractivity contribution in [3.8, 4) is 5.75 Å². The minimum Gasteiger partial charge on any atom is -0.483 e. The number of carbonyl (C=O) groups excluding carboxylic acids is 2. The van der Waals surface area contributed by atoms with Crippen LogP contribution in [0.3, 0.4) is 0 Å². The number of aryl methyl sites for hydroxylation is 1. The maximum Gasteiger partial charge on any atom is 0.338 e. The molecule has 0 aromatic heterocycles. The van der Waals surface area contributed by atoms with Gasteiger partial charge in [-0.3, -0.25) is 4.79 Å². The largest absolute Gasteiger partial charge is 0.483 e. The predicted molar refractivity (Wildman–Crippen MR) is 111 cm³/mol. The lowest BCUT2D eigenvalue weighted by Crippen LogP contribution is -2.20. The van der Waals surface area contributed by atoms with Crippen LogP contribution in [-0.2, 0) is 16.0 Å². The summed E-state index contributed by atoms with van der Waals surface area (Å²) in [7, 11) is 0. The highest BCUT2D eigenvalue weighted by Gasteiger charge is 2.09. The topological polar surface area (TPSA) is 64.6 Å². The van der Waals surface area contributed by atoms with Gasteiger partial charge < -0.3 is 14.8 Å². The van der Waals surface area contributed by atoms with Crippen LogP contribution < -0.4 is 10.1 Å². The summed E-state index contributed by atoms with van der Waals surface area (Å²) in [6.07, 6.45) is 5.10. The van der Waals surface area contributed by atoms with E-state index in [0.717, 1.165) is 43.4 Å². The summed E-state index contributed by atoms with van der Waals surface area (Å²) in [5.74, 6) is 0.128. The molecule has 0 saturated heterocycles. The average molecular weight is 383 g/mol. The number of ether oxygens (including phenoxy) is 2. The summed E-state index contributed by atoms with van der Waals surface area (Å²) < 4.78 is 10.9. The zero-order valence-electron chi connectivity index (χ0n) is 16.7. The van der Waals surface area contributed by atoms with Crippen molar-refractivity contribution in [2.75, 3.05) is 18.5 Å². The van der Waals surface area contributed by atoms with E-state index in [-0.39, 0.29) is 18.5 Å². The van der Waals surface area contributed by atoms with Gasteiger partial charge in [0.05, 0.1) is 12.2 Å². The monoisotopic (exact) mass is 383 g/mol. The number of hydrogen-bond donors (Lipinski definition) is 1. The maximum absolute atomic E-state index is 12.1. The van der Waals surface area contributed by atoms with E-state index in [1.807, 2.05) is 31.2 Å². The van der Waals surface area contributed by atoms with Crippen molar-refractivity contribution >= 4 is 17.6 Å². The summed E-state index contributed by atoms with van der Waals surface area (Å²) in [6, 6.07) is 14.3. The molecule has 0 aliphatic heterocycles. The normalized spacial score (nSPS) is 10.4. The number of nitrogens with one attached hydrogen (secondary N) is 1. The number of hydrogen-bond acceptors (Lipinski definition) is 4. The summed E-state index contributed by atoms with van der Waals surface area (Å²) >= 11 is 0.